The summed E-state index contributed by atoms with van der Waals surface area (Å²) in [6, 6.07) is 10.1. The largest absolute Gasteiger partial charge is 0.495 e. The number of benzene rings is 1. The highest BCUT2D eigenvalue weighted by Crippen LogP contribution is 2.33. The predicted octanol–water partition coefficient (Wildman–Crippen LogP) is 3.13. The predicted molar refractivity (Wildman–Crippen MR) is 133 cm³/mol. The van der Waals surface area contributed by atoms with E-state index in [1.807, 2.05) is 0 Å². The second kappa shape index (κ2) is 10.9. The van der Waals surface area contributed by atoms with Crippen LogP contribution in [0.4, 0.5) is 0 Å². The first-order chi connectivity index (χ1) is 17.8. The van der Waals surface area contributed by atoms with Crippen molar-refractivity contribution in [2.45, 2.75) is 18.9 Å². The van der Waals surface area contributed by atoms with Crippen LogP contribution < -0.4 is 16.0 Å². The number of ketones is 1. The lowest BCUT2D eigenvalue weighted by Crippen LogP contribution is -2.32. The summed E-state index contributed by atoms with van der Waals surface area (Å²) >= 11 is 6.14. The summed E-state index contributed by atoms with van der Waals surface area (Å²) in [4.78, 5) is 46.2. The molecule has 1 aromatic carbocycles. The molecule has 4 aromatic rings. The Morgan fingerprint density at radius 1 is 1.22 bits per heavy atom. The van der Waals surface area contributed by atoms with Crippen molar-refractivity contribution < 1.29 is 18.7 Å². The number of aromatic nitrogens is 3. The van der Waals surface area contributed by atoms with Crippen molar-refractivity contribution in [2.75, 3.05) is 7.11 Å². The Hall–Kier alpha value is -4.75. The van der Waals surface area contributed by atoms with E-state index in [0.29, 0.717) is 33.0 Å². The van der Waals surface area contributed by atoms with Crippen LogP contribution in [0, 0.1) is 11.3 Å². The first-order valence-corrected chi connectivity index (χ1v) is 11.3. The first kappa shape index (κ1) is 25.3. The van der Waals surface area contributed by atoms with Crippen molar-refractivity contribution in [3.63, 3.8) is 0 Å². The molecule has 2 N–H and O–H groups in total. The molecule has 0 aliphatic heterocycles. The summed E-state index contributed by atoms with van der Waals surface area (Å²) in [5, 5.41) is 9.93. The third-order valence-electron chi connectivity index (χ3n) is 5.71. The Bertz CT molecular complexity index is 1560. The highest BCUT2D eigenvalue weighted by atomic mass is 35.5. The molecule has 0 radical (unpaired) electrons. The fourth-order valence-corrected chi connectivity index (χ4v) is 4.05. The van der Waals surface area contributed by atoms with Crippen LogP contribution in [0.5, 0.6) is 5.75 Å². The number of hydrogen-bond acceptors (Lipinski definition) is 8. The smallest absolute Gasteiger partial charge is 0.267 e. The average molecular weight is 518 g/mol. The van der Waals surface area contributed by atoms with Crippen LogP contribution in [-0.2, 0) is 17.6 Å². The van der Waals surface area contributed by atoms with Gasteiger partial charge in [0, 0.05) is 41.3 Å². The lowest BCUT2D eigenvalue weighted by Gasteiger charge is -2.20. The van der Waals surface area contributed by atoms with Gasteiger partial charge in [-0.2, -0.15) is 5.26 Å². The van der Waals surface area contributed by atoms with Crippen molar-refractivity contribution in [3.8, 4) is 22.9 Å². The van der Waals surface area contributed by atoms with Gasteiger partial charge in [-0.25, -0.2) is 4.98 Å². The van der Waals surface area contributed by atoms with Crippen LogP contribution in [-0.4, -0.2) is 33.3 Å². The van der Waals surface area contributed by atoms with Gasteiger partial charge in [0.2, 0.25) is 0 Å². The lowest BCUT2D eigenvalue weighted by atomic mass is 9.98. The summed E-state index contributed by atoms with van der Waals surface area (Å²) in [6.45, 7) is 0. The summed E-state index contributed by atoms with van der Waals surface area (Å²) < 4.78 is 11.8. The number of nitriles is 1. The molecular weight excluding hydrogens is 498 g/mol. The highest BCUT2D eigenvalue weighted by molar-refractivity contribution is 6.31. The van der Waals surface area contributed by atoms with Gasteiger partial charge in [-0.05, 0) is 29.8 Å². The zero-order valence-corrected chi connectivity index (χ0v) is 20.3. The molecule has 1 atom stereocenters. The molecule has 0 aliphatic rings. The van der Waals surface area contributed by atoms with Crippen molar-refractivity contribution in [3.05, 3.63) is 99.3 Å². The molecule has 0 spiro atoms. The molecule has 3 heterocycles. The Balaban J connectivity index is 1.76. The van der Waals surface area contributed by atoms with E-state index in [4.69, 9.17) is 26.5 Å². The molecule has 0 saturated carbocycles. The SMILES string of the molecule is COc1cn(C(Cc2cocn2)C(=O)Cc2ccc(C(N)=O)nc2)c(=O)cc1-c1cc(Cl)ccc1C#N. The van der Waals surface area contributed by atoms with E-state index in [0.717, 1.165) is 0 Å². The number of Topliss-reactive ketones (excluding diaryl/α,β-unsaturated/α-hetero) is 1. The van der Waals surface area contributed by atoms with Crippen molar-refractivity contribution in [1.29, 1.82) is 5.26 Å². The van der Waals surface area contributed by atoms with Gasteiger partial charge in [0.1, 0.15) is 23.7 Å². The molecule has 3 aromatic heterocycles. The molecule has 1 amide bonds. The number of carbonyl (C=O) groups excluding carboxylic acids is 2. The average Bonchev–Trinajstić information content (AvgIpc) is 3.41. The minimum absolute atomic E-state index is 0.0715. The minimum Gasteiger partial charge on any atom is -0.495 e. The van der Waals surface area contributed by atoms with Crippen LogP contribution in [0.3, 0.4) is 0 Å². The number of nitrogens with zero attached hydrogens (tertiary/aromatic N) is 4. The van der Waals surface area contributed by atoms with E-state index in [1.165, 1.54) is 48.9 Å². The maximum atomic E-state index is 13.5. The second-order valence-electron chi connectivity index (χ2n) is 8.06. The van der Waals surface area contributed by atoms with Crippen LogP contribution >= 0.6 is 11.6 Å². The maximum Gasteiger partial charge on any atom is 0.267 e. The van der Waals surface area contributed by atoms with E-state index in [9.17, 15) is 19.6 Å². The number of nitrogens with two attached hydrogens (primary N) is 1. The molecule has 37 heavy (non-hydrogen) atoms. The fourth-order valence-electron chi connectivity index (χ4n) is 3.88. The van der Waals surface area contributed by atoms with Gasteiger partial charge in [-0.1, -0.05) is 17.7 Å². The van der Waals surface area contributed by atoms with Gasteiger partial charge in [-0.15, -0.1) is 0 Å². The summed E-state index contributed by atoms with van der Waals surface area (Å²) in [6.07, 6.45) is 5.45. The van der Waals surface area contributed by atoms with Gasteiger partial charge >= 0.3 is 0 Å². The molecule has 0 fully saturated rings. The zero-order chi connectivity index (χ0) is 26.5. The van der Waals surface area contributed by atoms with E-state index in [1.54, 1.807) is 24.3 Å². The number of halogens is 1. The van der Waals surface area contributed by atoms with E-state index in [-0.39, 0.29) is 30.1 Å². The molecular formula is C26H20ClN5O5. The maximum absolute atomic E-state index is 13.5. The normalized spacial score (nSPS) is 11.5. The number of carbonyl (C=O) groups is 2. The number of pyridine rings is 2. The van der Waals surface area contributed by atoms with Crippen molar-refractivity contribution in [1.82, 2.24) is 14.5 Å². The molecule has 186 valence electrons. The summed E-state index contributed by atoms with van der Waals surface area (Å²) in [7, 11) is 1.42. The zero-order valence-electron chi connectivity index (χ0n) is 19.6. The first-order valence-electron chi connectivity index (χ1n) is 11.0. The minimum atomic E-state index is -0.967. The van der Waals surface area contributed by atoms with E-state index < -0.39 is 17.5 Å². The van der Waals surface area contributed by atoms with Crippen LogP contribution in [0.15, 0.2) is 70.7 Å². The van der Waals surface area contributed by atoms with E-state index in [2.05, 4.69) is 16.0 Å². The molecule has 0 bridgehead atoms. The highest BCUT2D eigenvalue weighted by Gasteiger charge is 2.25. The standard InChI is InChI=1S/C26H20ClN5O5/c1-36-24-12-32(25(34)9-20(24)19-7-17(27)4-3-16(19)10-28)22(8-18-13-37-14-31-18)23(33)6-15-2-5-21(26(29)35)30-11-15/h2-5,7,9,11-14,22H,6,8H2,1H3,(H2,29,35). The molecule has 0 saturated heterocycles. The Morgan fingerprint density at radius 2 is 2.03 bits per heavy atom. The lowest BCUT2D eigenvalue weighted by molar-refractivity contribution is -0.121. The third kappa shape index (κ3) is 5.58. The topological polar surface area (TPSA) is 154 Å². The van der Waals surface area contributed by atoms with Crippen LogP contribution in [0.25, 0.3) is 11.1 Å². The van der Waals surface area contributed by atoms with Crippen molar-refractivity contribution >= 4 is 23.3 Å². The summed E-state index contributed by atoms with van der Waals surface area (Å²) in [5.74, 6) is -0.724. The monoisotopic (exact) mass is 517 g/mol. The number of amides is 1. The molecule has 4 rings (SSSR count). The van der Waals surface area contributed by atoms with Gasteiger partial charge in [0.05, 0.1) is 30.6 Å². The summed E-state index contributed by atoms with van der Waals surface area (Å²) in [5.41, 5.74) is 6.91. The number of hydrogen-bond donors (Lipinski definition) is 1. The Labute approximate surface area is 215 Å². The molecule has 0 aliphatic carbocycles. The molecule has 11 heteroatoms. The number of oxazole rings is 1. The number of ether oxygens (including phenoxy) is 1. The van der Waals surface area contributed by atoms with Gasteiger partial charge in [0.25, 0.3) is 11.5 Å². The van der Waals surface area contributed by atoms with Gasteiger partial charge in [0.15, 0.2) is 12.2 Å². The quantitative estimate of drug-likeness (QED) is 0.355. The molecule has 10 nitrogen and oxygen atoms in total. The number of primary amides is 1. The number of rotatable bonds is 9. The Kier molecular flexibility index (Phi) is 7.46. The van der Waals surface area contributed by atoms with Crippen molar-refractivity contribution in [2.24, 2.45) is 5.73 Å². The van der Waals surface area contributed by atoms with Crippen LogP contribution in [0.1, 0.15) is 33.4 Å². The van der Waals surface area contributed by atoms with E-state index >= 15 is 0 Å². The fraction of sp³-hybridized carbons (Fsp3) is 0.154. The second-order valence-corrected chi connectivity index (χ2v) is 8.50. The Morgan fingerprint density at radius 3 is 2.65 bits per heavy atom. The van der Waals surface area contributed by atoms with Gasteiger partial charge < -0.3 is 19.5 Å². The van der Waals surface area contributed by atoms with Crippen LogP contribution in [0.2, 0.25) is 5.02 Å². The van der Waals surface area contributed by atoms with Gasteiger partial charge in [-0.3, -0.25) is 19.4 Å². The third-order valence-corrected chi connectivity index (χ3v) is 5.94. The molecule has 1 unspecified atom stereocenters. The number of methoxy groups -OCH3 is 1.